The smallest absolute Gasteiger partial charge is 0.270 e. The number of aldehydes is 1. The first-order chi connectivity index (χ1) is 9.70. The molecule has 0 N–H and O–H groups in total. The fourth-order valence-electron chi connectivity index (χ4n) is 1.80. The zero-order valence-corrected chi connectivity index (χ0v) is 10.7. The summed E-state index contributed by atoms with van der Waals surface area (Å²) < 4.78 is 5.51. The van der Waals surface area contributed by atoms with Crippen molar-refractivity contribution in [3.8, 4) is 5.75 Å². The molecule has 0 unspecified atom stereocenters. The lowest BCUT2D eigenvalue weighted by molar-refractivity contribution is -0.384. The average Bonchev–Trinajstić information content (AvgIpc) is 2.48. The Morgan fingerprint density at radius 1 is 1.15 bits per heavy atom. The Balaban J connectivity index is 2.02. The quantitative estimate of drug-likeness (QED) is 0.460. The summed E-state index contributed by atoms with van der Waals surface area (Å²) in [5.74, 6) is 0.363. The molecule has 0 fully saturated rings. The van der Waals surface area contributed by atoms with Crippen molar-refractivity contribution in [3.63, 3.8) is 0 Å². The second-order valence-electron chi connectivity index (χ2n) is 4.18. The summed E-state index contributed by atoms with van der Waals surface area (Å²) in [6.07, 6.45) is 1.26. The molecule has 0 bridgehead atoms. The van der Waals surface area contributed by atoms with Gasteiger partial charge in [0, 0.05) is 18.6 Å². The number of hydrogen-bond donors (Lipinski definition) is 0. The van der Waals surface area contributed by atoms with E-state index in [0.29, 0.717) is 25.1 Å². The molecule has 0 aliphatic heterocycles. The Labute approximate surface area is 116 Å². The van der Waals surface area contributed by atoms with E-state index in [0.717, 1.165) is 5.56 Å². The van der Waals surface area contributed by atoms with Gasteiger partial charge in [0.25, 0.3) is 5.69 Å². The molecule has 0 aliphatic rings. The van der Waals surface area contributed by atoms with Crippen LogP contribution in [-0.2, 0) is 6.42 Å². The predicted octanol–water partition coefficient (Wildman–Crippen LogP) is 3.03. The first kappa shape index (κ1) is 13.7. The molecule has 102 valence electrons. The molecular formula is C15H13NO4. The lowest BCUT2D eigenvalue weighted by Gasteiger charge is -2.08. The highest BCUT2D eigenvalue weighted by Gasteiger charge is 2.11. The summed E-state index contributed by atoms with van der Waals surface area (Å²) in [7, 11) is 0. The van der Waals surface area contributed by atoms with E-state index in [1.165, 1.54) is 18.2 Å². The monoisotopic (exact) mass is 271 g/mol. The summed E-state index contributed by atoms with van der Waals surface area (Å²) in [4.78, 5) is 21.0. The molecule has 0 saturated carbocycles. The molecule has 0 spiro atoms. The van der Waals surface area contributed by atoms with E-state index in [1.54, 1.807) is 0 Å². The summed E-state index contributed by atoms with van der Waals surface area (Å²) in [6, 6.07) is 13.8. The maximum Gasteiger partial charge on any atom is 0.270 e. The molecule has 2 rings (SSSR count). The molecule has 0 atom stereocenters. The number of nitro groups is 1. The average molecular weight is 271 g/mol. The first-order valence-corrected chi connectivity index (χ1v) is 6.11. The minimum absolute atomic E-state index is 0.123. The topological polar surface area (TPSA) is 69.4 Å². The number of carbonyl (C=O) groups is 1. The van der Waals surface area contributed by atoms with Crippen molar-refractivity contribution in [1.82, 2.24) is 0 Å². The molecule has 0 amide bonds. The number of benzene rings is 2. The van der Waals surface area contributed by atoms with Crippen LogP contribution in [0, 0.1) is 10.1 Å². The SMILES string of the molecule is O=Cc1cc([N+](=O)[O-])ccc1OCCc1ccccc1. The van der Waals surface area contributed by atoms with Crippen molar-refractivity contribution >= 4 is 12.0 Å². The van der Waals surface area contributed by atoms with Crippen LogP contribution in [0.4, 0.5) is 5.69 Å². The largest absolute Gasteiger partial charge is 0.492 e. The second-order valence-corrected chi connectivity index (χ2v) is 4.18. The molecule has 0 radical (unpaired) electrons. The van der Waals surface area contributed by atoms with Gasteiger partial charge in [0.05, 0.1) is 17.1 Å². The molecule has 2 aromatic carbocycles. The van der Waals surface area contributed by atoms with E-state index in [2.05, 4.69) is 0 Å². The maximum absolute atomic E-state index is 10.9. The molecule has 20 heavy (non-hydrogen) atoms. The van der Waals surface area contributed by atoms with Gasteiger partial charge in [-0.15, -0.1) is 0 Å². The molecule has 5 heteroatoms. The van der Waals surface area contributed by atoms with Crippen molar-refractivity contribution in [1.29, 1.82) is 0 Å². The fourth-order valence-corrected chi connectivity index (χ4v) is 1.80. The van der Waals surface area contributed by atoms with Gasteiger partial charge >= 0.3 is 0 Å². The van der Waals surface area contributed by atoms with Crippen molar-refractivity contribution in [2.45, 2.75) is 6.42 Å². The summed E-state index contributed by atoms with van der Waals surface area (Å²) in [6.45, 7) is 0.405. The Morgan fingerprint density at radius 3 is 2.55 bits per heavy atom. The van der Waals surface area contributed by atoms with Gasteiger partial charge in [-0.1, -0.05) is 30.3 Å². The highest BCUT2D eigenvalue weighted by molar-refractivity contribution is 5.80. The van der Waals surface area contributed by atoms with Crippen LogP contribution in [0.25, 0.3) is 0 Å². The molecule has 0 saturated heterocycles. The van der Waals surface area contributed by atoms with Crippen LogP contribution in [0.2, 0.25) is 0 Å². The van der Waals surface area contributed by atoms with Gasteiger partial charge in [-0.3, -0.25) is 14.9 Å². The van der Waals surface area contributed by atoms with Gasteiger partial charge in [0.15, 0.2) is 6.29 Å². The van der Waals surface area contributed by atoms with Crippen LogP contribution in [0.1, 0.15) is 15.9 Å². The number of rotatable bonds is 6. The van der Waals surface area contributed by atoms with E-state index < -0.39 is 4.92 Å². The Morgan fingerprint density at radius 2 is 1.90 bits per heavy atom. The second kappa shape index (κ2) is 6.47. The van der Waals surface area contributed by atoms with Crippen LogP contribution in [0.3, 0.4) is 0 Å². The molecule has 0 aromatic heterocycles. The first-order valence-electron chi connectivity index (χ1n) is 6.11. The Bertz CT molecular complexity index is 611. The van der Waals surface area contributed by atoms with E-state index >= 15 is 0 Å². The van der Waals surface area contributed by atoms with Crippen molar-refractivity contribution < 1.29 is 14.5 Å². The Kier molecular flexibility index (Phi) is 4.44. The maximum atomic E-state index is 10.9. The lowest BCUT2D eigenvalue weighted by Crippen LogP contribution is -2.03. The zero-order chi connectivity index (χ0) is 14.4. The molecule has 5 nitrogen and oxygen atoms in total. The number of carbonyl (C=O) groups excluding carboxylic acids is 1. The van der Waals surface area contributed by atoms with E-state index in [-0.39, 0.29) is 11.3 Å². The van der Waals surface area contributed by atoms with Gasteiger partial charge in [-0.2, -0.15) is 0 Å². The van der Waals surface area contributed by atoms with Crippen molar-refractivity contribution in [2.24, 2.45) is 0 Å². The molecular weight excluding hydrogens is 258 g/mol. The standard InChI is InChI=1S/C15H13NO4/c17-11-13-10-14(16(18)19)6-7-15(13)20-9-8-12-4-2-1-3-5-12/h1-7,10-11H,8-9H2. The highest BCUT2D eigenvalue weighted by Crippen LogP contribution is 2.22. The number of nitrogens with zero attached hydrogens (tertiary/aromatic N) is 1. The van der Waals surface area contributed by atoms with Crippen molar-refractivity contribution in [3.05, 3.63) is 69.8 Å². The van der Waals surface area contributed by atoms with Gasteiger partial charge < -0.3 is 4.74 Å². The normalized spacial score (nSPS) is 10.0. The third kappa shape index (κ3) is 3.41. The van der Waals surface area contributed by atoms with Crippen molar-refractivity contribution in [2.75, 3.05) is 6.61 Å². The van der Waals surface area contributed by atoms with Crippen LogP contribution in [0.5, 0.6) is 5.75 Å². The van der Waals surface area contributed by atoms with Crippen LogP contribution < -0.4 is 4.74 Å². The third-order valence-electron chi connectivity index (χ3n) is 2.82. The van der Waals surface area contributed by atoms with Gasteiger partial charge in [-0.05, 0) is 11.6 Å². The lowest BCUT2D eigenvalue weighted by atomic mass is 10.1. The number of non-ortho nitro benzene ring substituents is 1. The van der Waals surface area contributed by atoms with E-state index in [1.807, 2.05) is 30.3 Å². The minimum Gasteiger partial charge on any atom is -0.492 e. The van der Waals surface area contributed by atoms with Crippen LogP contribution >= 0.6 is 0 Å². The number of ether oxygens (including phenoxy) is 1. The third-order valence-corrected chi connectivity index (χ3v) is 2.82. The van der Waals surface area contributed by atoms with Gasteiger partial charge in [-0.25, -0.2) is 0 Å². The minimum atomic E-state index is -0.541. The molecule has 0 heterocycles. The zero-order valence-electron chi connectivity index (χ0n) is 10.7. The summed E-state index contributed by atoms with van der Waals surface area (Å²) >= 11 is 0. The summed E-state index contributed by atoms with van der Waals surface area (Å²) in [5.41, 5.74) is 1.19. The number of hydrogen-bond acceptors (Lipinski definition) is 4. The van der Waals surface area contributed by atoms with Gasteiger partial charge in [0.2, 0.25) is 0 Å². The highest BCUT2D eigenvalue weighted by atomic mass is 16.6. The van der Waals surface area contributed by atoms with Crippen LogP contribution in [0.15, 0.2) is 48.5 Å². The predicted molar refractivity (Wildman–Crippen MR) is 74.1 cm³/mol. The van der Waals surface area contributed by atoms with E-state index in [9.17, 15) is 14.9 Å². The summed E-state index contributed by atoms with van der Waals surface area (Å²) in [5, 5.41) is 10.6. The van der Waals surface area contributed by atoms with Gasteiger partial charge in [0.1, 0.15) is 5.75 Å². The van der Waals surface area contributed by atoms with Crippen LogP contribution in [-0.4, -0.2) is 17.8 Å². The molecule has 2 aromatic rings. The number of nitro benzene ring substituents is 1. The molecule has 0 aliphatic carbocycles. The Hall–Kier alpha value is -2.69. The fraction of sp³-hybridized carbons (Fsp3) is 0.133. The van der Waals surface area contributed by atoms with E-state index in [4.69, 9.17) is 4.74 Å².